The summed E-state index contributed by atoms with van der Waals surface area (Å²) in [4.78, 5) is 0. The molecule has 1 aromatic rings. The van der Waals surface area contributed by atoms with E-state index in [0.717, 1.165) is 32.5 Å². The Balaban J connectivity index is 1.79. The zero-order valence-electron chi connectivity index (χ0n) is 9.32. The second kappa shape index (κ2) is 4.04. The summed E-state index contributed by atoms with van der Waals surface area (Å²) in [6.45, 7) is 1.49. The Morgan fingerprint density at radius 1 is 1.00 bits per heavy atom. The normalized spacial score (nSPS) is 23.4. The first-order chi connectivity index (χ1) is 7.88. The molecule has 0 amide bonds. The molecule has 1 aliphatic carbocycles. The van der Waals surface area contributed by atoms with Crippen LogP contribution in [0.5, 0.6) is 0 Å². The fourth-order valence-corrected chi connectivity index (χ4v) is 2.48. The van der Waals surface area contributed by atoms with Gasteiger partial charge in [-0.3, -0.25) is 0 Å². The topological polar surface area (TPSA) is 18.5 Å². The highest BCUT2D eigenvalue weighted by molar-refractivity contribution is 5.66. The third-order valence-electron chi connectivity index (χ3n) is 3.39. The molecule has 0 N–H and O–H groups in total. The fraction of sp³-hybridized carbons (Fsp3) is 0.429. The molecule has 1 fully saturated rings. The van der Waals surface area contributed by atoms with Crippen LogP contribution >= 0.6 is 0 Å². The number of hydrogen-bond donors (Lipinski definition) is 0. The average molecular weight is 216 g/mol. The van der Waals surface area contributed by atoms with Crippen LogP contribution in [0.25, 0.3) is 5.57 Å². The van der Waals surface area contributed by atoms with Crippen LogP contribution in [0.4, 0.5) is 0 Å². The van der Waals surface area contributed by atoms with Gasteiger partial charge in [0.2, 0.25) is 0 Å². The zero-order valence-corrected chi connectivity index (χ0v) is 9.32. The molecule has 2 aliphatic rings. The molecule has 3 rings (SSSR count). The molecule has 16 heavy (non-hydrogen) atoms. The average Bonchev–Trinajstić information content (AvgIpc) is 2.80. The van der Waals surface area contributed by atoms with Crippen molar-refractivity contribution < 1.29 is 9.47 Å². The first-order valence-corrected chi connectivity index (χ1v) is 5.90. The molecular formula is C14H16O2. The molecule has 0 radical (unpaired) electrons. The van der Waals surface area contributed by atoms with Gasteiger partial charge in [0.05, 0.1) is 13.2 Å². The van der Waals surface area contributed by atoms with Gasteiger partial charge in [-0.25, -0.2) is 0 Å². The van der Waals surface area contributed by atoms with Crippen molar-refractivity contribution in [3.8, 4) is 0 Å². The van der Waals surface area contributed by atoms with Crippen LogP contribution in [0.1, 0.15) is 24.8 Å². The van der Waals surface area contributed by atoms with Gasteiger partial charge >= 0.3 is 0 Å². The number of allylic oxidation sites excluding steroid dienone is 1. The van der Waals surface area contributed by atoms with Gasteiger partial charge in [0.1, 0.15) is 0 Å². The predicted octanol–water partition coefficient (Wildman–Crippen LogP) is 3.00. The Labute approximate surface area is 95.9 Å². The molecular weight excluding hydrogens is 200 g/mol. The van der Waals surface area contributed by atoms with E-state index in [1.165, 1.54) is 11.1 Å². The smallest absolute Gasteiger partial charge is 0.172 e. The van der Waals surface area contributed by atoms with Crippen molar-refractivity contribution in [1.29, 1.82) is 0 Å². The van der Waals surface area contributed by atoms with Gasteiger partial charge in [-0.15, -0.1) is 0 Å². The number of hydrogen-bond acceptors (Lipinski definition) is 2. The summed E-state index contributed by atoms with van der Waals surface area (Å²) in [5.74, 6) is -0.293. The van der Waals surface area contributed by atoms with Crippen molar-refractivity contribution >= 4 is 5.57 Å². The summed E-state index contributed by atoms with van der Waals surface area (Å²) in [6.07, 6.45) is 5.18. The van der Waals surface area contributed by atoms with E-state index < -0.39 is 0 Å². The minimum Gasteiger partial charge on any atom is -0.347 e. The molecule has 1 aliphatic heterocycles. The molecule has 2 heteroatoms. The zero-order chi connectivity index (χ0) is 10.8. The van der Waals surface area contributed by atoms with Gasteiger partial charge in [-0.2, -0.15) is 0 Å². The van der Waals surface area contributed by atoms with E-state index in [1.54, 1.807) is 0 Å². The lowest BCUT2D eigenvalue weighted by molar-refractivity contribution is -0.159. The maximum absolute atomic E-state index is 5.70. The molecule has 1 spiro atoms. The SMILES string of the molecule is C1=C(c2ccccc2)CCC2(C1)OCCO2. The van der Waals surface area contributed by atoms with Gasteiger partial charge in [0, 0.05) is 12.8 Å². The van der Waals surface area contributed by atoms with Crippen LogP contribution in [0.15, 0.2) is 36.4 Å². The van der Waals surface area contributed by atoms with Crippen molar-refractivity contribution in [1.82, 2.24) is 0 Å². The molecule has 0 aromatic heterocycles. The first kappa shape index (κ1) is 10.1. The standard InChI is InChI=1S/C14H16O2/c1-2-4-12(5-3-1)13-6-8-14(9-7-13)15-10-11-16-14/h1-6H,7-11H2. The van der Waals surface area contributed by atoms with E-state index in [-0.39, 0.29) is 5.79 Å². The molecule has 0 saturated carbocycles. The molecule has 84 valence electrons. The predicted molar refractivity (Wildman–Crippen MR) is 62.9 cm³/mol. The van der Waals surface area contributed by atoms with Crippen molar-refractivity contribution in [3.05, 3.63) is 42.0 Å². The summed E-state index contributed by atoms with van der Waals surface area (Å²) in [5.41, 5.74) is 2.75. The third-order valence-corrected chi connectivity index (χ3v) is 3.39. The van der Waals surface area contributed by atoms with Crippen LogP contribution in [0.3, 0.4) is 0 Å². The van der Waals surface area contributed by atoms with E-state index in [9.17, 15) is 0 Å². The lowest BCUT2D eigenvalue weighted by Crippen LogP contribution is -2.31. The largest absolute Gasteiger partial charge is 0.347 e. The monoisotopic (exact) mass is 216 g/mol. The summed E-state index contributed by atoms with van der Waals surface area (Å²) >= 11 is 0. The summed E-state index contributed by atoms with van der Waals surface area (Å²) < 4.78 is 11.4. The summed E-state index contributed by atoms with van der Waals surface area (Å²) in [6, 6.07) is 10.6. The Hall–Kier alpha value is -1.12. The first-order valence-electron chi connectivity index (χ1n) is 5.90. The van der Waals surface area contributed by atoms with Crippen LogP contribution < -0.4 is 0 Å². The highest BCUT2D eigenvalue weighted by atomic mass is 16.7. The van der Waals surface area contributed by atoms with Crippen molar-refractivity contribution in [2.75, 3.05) is 13.2 Å². The molecule has 2 nitrogen and oxygen atoms in total. The molecule has 0 bridgehead atoms. The Morgan fingerprint density at radius 3 is 2.38 bits per heavy atom. The third kappa shape index (κ3) is 1.79. The van der Waals surface area contributed by atoms with Crippen molar-refractivity contribution in [3.63, 3.8) is 0 Å². The Kier molecular flexibility index (Phi) is 2.54. The molecule has 1 heterocycles. The summed E-state index contributed by atoms with van der Waals surface area (Å²) in [7, 11) is 0. The number of rotatable bonds is 1. The lowest BCUT2D eigenvalue weighted by Gasteiger charge is -2.30. The quantitative estimate of drug-likeness (QED) is 0.718. The van der Waals surface area contributed by atoms with Gasteiger partial charge in [0.25, 0.3) is 0 Å². The fourth-order valence-electron chi connectivity index (χ4n) is 2.48. The van der Waals surface area contributed by atoms with Crippen molar-refractivity contribution in [2.24, 2.45) is 0 Å². The highest BCUT2D eigenvalue weighted by Crippen LogP contribution is 2.37. The van der Waals surface area contributed by atoms with E-state index >= 15 is 0 Å². The van der Waals surface area contributed by atoms with Crippen LogP contribution in [-0.2, 0) is 9.47 Å². The highest BCUT2D eigenvalue weighted by Gasteiger charge is 2.37. The summed E-state index contributed by atoms with van der Waals surface area (Å²) in [5, 5.41) is 0. The Bertz CT molecular complexity index is 388. The van der Waals surface area contributed by atoms with Crippen LogP contribution in [0, 0.1) is 0 Å². The molecule has 1 aromatic carbocycles. The molecule has 1 saturated heterocycles. The lowest BCUT2D eigenvalue weighted by atomic mass is 9.90. The number of benzene rings is 1. The maximum Gasteiger partial charge on any atom is 0.172 e. The van der Waals surface area contributed by atoms with Crippen molar-refractivity contribution in [2.45, 2.75) is 25.0 Å². The minimum absolute atomic E-state index is 0.293. The van der Waals surface area contributed by atoms with Gasteiger partial charge in [0.15, 0.2) is 5.79 Å². The van der Waals surface area contributed by atoms with Crippen LogP contribution in [0.2, 0.25) is 0 Å². The van der Waals surface area contributed by atoms with E-state index in [1.807, 2.05) is 0 Å². The molecule has 0 atom stereocenters. The van der Waals surface area contributed by atoms with Gasteiger partial charge in [-0.05, 0) is 17.6 Å². The maximum atomic E-state index is 5.70. The van der Waals surface area contributed by atoms with Crippen LogP contribution in [-0.4, -0.2) is 19.0 Å². The van der Waals surface area contributed by atoms with E-state index in [2.05, 4.69) is 36.4 Å². The van der Waals surface area contributed by atoms with Gasteiger partial charge in [-0.1, -0.05) is 36.4 Å². The minimum atomic E-state index is -0.293. The second-order valence-electron chi connectivity index (χ2n) is 4.41. The van der Waals surface area contributed by atoms with E-state index in [4.69, 9.17) is 9.47 Å². The number of ether oxygens (including phenoxy) is 2. The second-order valence-corrected chi connectivity index (χ2v) is 4.41. The Morgan fingerprint density at radius 2 is 1.75 bits per heavy atom. The molecule has 0 unspecified atom stereocenters. The van der Waals surface area contributed by atoms with E-state index in [0.29, 0.717) is 0 Å². The van der Waals surface area contributed by atoms with Gasteiger partial charge < -0.3 is 9.47 Å².